The molecule has 8 nitrogen and oxygen atoms in total. The summed E-state index contributed by atoms with van der Waals surface area (Å²) < 4.78 is 48.4. The molecule has 1 aliphatic heterocycles. The number of nitrogens with zero attached hydrogens (tertiary/aromatic N) is 4. The molecule has 5 rings (SSSR count). The van der Waals surface area contributed by atoms with Crippen LogP contribution in [0.5, 0.6) is 5.75 Å². The lowest BCUT2D eigenvalue weighted by Gasteiger charge is -2.34. The van der Waals surface area contributed by atoms with Gasteiger partial charge in [-0.1, -0.05) is 23.7 Å². The second kappa shape index (κ2) is 11.6. The van der Waals surface area contributed by atoms with E-state index in [1.165, 1.54) is 24.1 Å². The lowest BCUT2D eigenvalue weighted by atomic mass is 9.90. The fourth-order valence-corrected chi connectivity index (χ4v) is 6.14. The van der Waals surface area contributed by atoms with Crippen molar-refractivity contribution in [3.05, 3.63) is 52.7 Å². The van der Waals surface area contributed by atoms with Crippen LogP contribution in [0.25, 0.3) is 0 Å². The molecule has 1 aromatic carbocycles. The van der Waals surface area contributed by atoms with E-state index in [0.29, 0.717) is 23.2 Å². The fourth-order valence-electron chi connectivity index (χ4n) is 5.91. The van der Waals surface area contributed by atoms with Gasteiger partial charge in [0, 0.05) is 46.3 Å². The number of amides is 2. The maximum absolute atomic E-state index is 14.3. The van der Waals surface area contributed by atoms with Crippen LogP contribution in [-0.2, 0) is 10.4 Å². The number of aromatic nitrogens is 1. The molecule has 2 saturated carbocycles. The first-order chi connectivity index (χ1) is 19.8. The van der Waals surface area contributed by atoms with Gasteiger partial charge in [-0.3, -0.25) is 9.59 Å². The number of ether oxygens (including phenoxy) is 1. The Morgan fingerprint density at radius 1 is 1.10 bits per heavy atom. The minimum Gasteiger partial charge on any atom is -0.490 e. The van der Waals surface area contributed by atoms with Crippen LogP contribution in [0.4, 0.5) is 19.0 Å². The van der Waals surface area contributed by atoms with Crippen LogP contribution in [0.1, 0.15) is 48.0 Å². The number of hydrogen-bond donors (Lipinski definition) is 1. The van der Waals surface area contributed by atoms with Gasteiger partial charge in [0.05, 0.1) is 11.7 Å². The first kappa shape index (κ1) is 30.4. The summed E-state index contributed by atoms with van der Waals surface area (Å²) in [4.78, 5) is 34.4. The maximum atomic E-state index is 14.3. The number of carbonyl (C=O) groups is 2. The Hall–Kier alpha value is -3.05. The molecular formula is C30H36ClF3N4O4. The number of aliphatic hydroxyl groups is 1. The molecule has 2 aliphatic carbocycles. The quantitative estimate of drug-likeness (QED) is 0.414. The number of carbonyl (C=O) groups excluding carboxylic acids is 2. The van der Waals surface area contributed by atoms with Crippen LogP contribution in [0.2, 0.25) is 5.15 Å². The summed E-state index contributed by atoms with van der Waals surface area (Å²) in [6.07, 6.45) is -1.02. The SMILES string of the molecule is CN(C)C(=O)c1ccc(N2CCC([C@H]3C[C@H]3CN(C)C(=O)C(O)(c3cccc(OC4CC4)c3)C(F)(F)F)CC2)nc1Cl. The molecule has 2 amide bonds. The Kier molecular flexibility index (Phi) is 8.37. The summed E-state index contributed by atoms with van der Waals surface area (Å²) in [5.74, 6) is 0.0397. The summed E-state index contributed by atoms with van der Waals surface area (Å²) in [6, 6.07) is 8.59. The van der Waals surface area contributed by atoms with Crippen molar-refractivity contribution in [3.8, 4) is 5.75 Å². The number of pyridine rings is 1. The molecule has 42 heavy (non-hydrogen) atoms. The highest BCUT2D eigenvalue weighted by Crippen LogP contribution is 2.49. The molecule has 1 N–H and O–H groups in total. The van der Waals surface area contributed by atoms with Gasteiger partial charge in [0.25, 0.3) is 17.4 Å². The van der Waals surface area contributed by atoms with Crippen molar-refractivity contribution >= 4 is 29.2 Å². The average molecular weight is 609 g/mol. The molecule has 2 aromatic rings. The first-order valence-electron chi connectivity index (χ1n) is 14.2. The summed E-state index contributed by atoms with van der Waals surface area (Å²) in [6.45, 7) is 1.61. The minimum absolute atomic E-state index is 0.0374. The van der Waals surface area contributed by atoms with Crippen molar-refractivity contribution in [2.45, 2.75) is 50.0 Å². The molecule has 1 saturated heterocycles. The zero-order valence-corrected chi connectivity index (χ0v) is 24.7. The predicted octanol–water partition coefficient (Wildman–Crippen LogP) is 4.74. The normalized spacial score (nSPS) is 22.3. The largest absolute Gasteiger partial charge is 0.490 e. The Balaban J connectivity index is 1.17. The highest BCUT2D eigenvalue weighted by molar-refractivity contribution is 6.32. The zero-order chi connectivity index (χ0) is 30.4. The van der Waals surface area contributed by atoms with Crippen LogP contribution >= 0.6 is 11.6 Å². The smallest absolute Gasteiger partial charge is 0.430 e. The average Bonchev–Trinajstić information content (AvgIpc) is 3.89. The van der Waals surface area contributed by atoms with Crippen LogP contribution < -0.4 is 9.64 Å². The van der Waals surface area contributed by atoms with E-state index in [2.05, 4.69) is 9.88 Å². The van der Waals surface area contributed by atoms with Gasteiger partial charge in [-0.2, -0.15) is 13.2 Å². The monoisotopic (exact) mass is 608 g/mol. The number of anilines is 1. The third-order valence-electron chi connectivity index (χ3n) is 8.57. The Labute approximate surface area is 248 Å². The number of likely N-dealkylation sites (N-methyl/N-ethyl adjacent to an activating group) is 1. The molecule has 3 fully saturated rings. The van der Waals surface area contributed by atoms with Gasteiger partial charge >= 0.3 is 6.18 Å². The molecule has 0 spiro atoms. The number of hydrogen-bond acceptors (Lipinski definition) is 6. The number of alkyl halides is 3. The summed E-state index contributed by atoms with van der Waals surface area (Å²) in [5, 5.41) is 11.1. The molecule has 1 unspecified atom stereocenters. The predicted molar refractivity (Wildman–Crippen MR) is 151 cm³/mol. The third kappa shape index (κ3) is 6.17. The molecule has 1 aromatic heterocycles. The van der Waals surface area contributed by atoms with Gasteiger partial charge in [-0.25, -0.2) is 4.98 Å². The summed E-state index contributed by atoms with van der Waals surface area (Å²) in [7, 11) is 4.62. The molecule has 3 aliphatic rings. The molecule has 12 heteroatoms. The Morgan fingerprint density at radius 3 is 2.38 bits per heavy atom. The lowest BCUT2D eigenvalue weighted by Crippen LogP contribution is -2.55. The number of piperidine rings is 1. The summed E-state index contributed by atoms with van der Waals surface area (Å²) >= 11 is 6.29. The molecule has 228 valence electrons. The van der Waals surface area contributed by atoms with Crippen molar-refractivity contribution in [2.24, 2.45) is 17.8 Å². The Bertz CT molecular complexity index is 1330. The van der Waals surface area contributed by atoms with Crippen molar-refractivity contribution < 1.29 is 32.6 Å². The maximum Gasteiger partial charge on any atom is 0.430 e. The second-order valence-corrected chi connectivity index (χ2v) is 12.3. The van der Waals surface area contributed by atoms with Crippen LogP contribution in [-0.4, -0.2) is 84.8 Å². The highest BCUT2D eigenvalue weighted by Gasteiger charge is 2.62. The van der Waals surface area contributed by atoms with E-state index >= 15 is 0 Å². The van der Waals surface area contributed by atoms with E-state index < -0.39 is 23.2 Å². The number of benzene rings is 1. The van der Waals surface area contributed by atoms with Crippen molar-refractivity contribution in [1.82, 2.24) is 14.8 Å². The molecule has 0 radical (unpaired) electrons. The first-order valence-corrected chi connectivity index (χ1v) is 14.6. The van der Waals surface area contributed by atoms with E-state index in [9.17, 15) is 27.9 Å². The van der Waals surface area contributed by atoms with Gasteiger partial charge in [-0.05, 0) is 74.1 Å². The number of rotatable bonds is 9. The summed E-state index contributed by atoms with van der Waals surface area (Å²) in [5.41, 5.74) is -3.87. The van der Waals surface area contributed by atoms with Crippen molar-refractivity contribution in [1.29, 1.82) is 0 Å². The van der Waals surface area contributed by atoms with E-state index in [1.807, 2.05) is 0 Å². The highest BCUT2D eigenvalue weighted by atomic mass is 35.5. The lowest BCUT2D eigenvalue weighted by molar-refractivity contribution is -0.261. The van der Waals surface area contributed by atoms with Crippen LogP contribution in [0.3, 0.4) is 0 Å². The van der Waals surface area contributed by atoms with Gasteiger partial charge in [-0.15, -0.1) is 0 Å². The fraction of sp³-hybridized carbons (Fsp3) is 0.567. The van der Waals surface area contributed by atoms with Gasteiger partial charge in [0.15, 0.2) is 0 Å². The van der Waals surface area contributed by atoms with Gasteiger partial charge in [0.2, 0.25) is 0 Å². The zero-order valence-electron chi connectivity index (χ0n) is 23.9. The molecular weight excluding hydrogens is 573 g/mol. The topological polar surface area (TPSA) is 86.2 Å². The van der Waals surface area contributed by atoms with E-state index in [1.54, 1.807) is 26.2 Å². The van der Waals surface area contributed by atoms with Crippen molar-refractivity contribution in [2.75, 3.05) is 45.7 Å². The van der Waals surface area contributed by atoms with Gasteiger partial charge in [0.1, 0.15) is 16.7 Å². The third-order valence-corrected chi connectivity index (χ3v) is 8.86. The Morgan fingerprint density at radius 2 is 1.79 bits per heavy atom. The van der Waals surface area contributed by atoms with E-state index in [0.717, 1.165) is 62.2 Å². The molecule has 0 bridgehead atoms. The van der Waals surface area contributed by atoms with E-state index in [4.69, 9.17) is 16.3 Å². The van der Waals surface area contributed by atoms with Gasteiger partial charge < -0.3 is 24.5 Å². The molecule has 2 heterocycles. The van der Waals surface area contributed by atoms with Crippen LogP contribution in [0.15, 0.2) is 36.4 Å². The van der Waals surface area contributed by atoms with Crippen molar-refractivity contribution in [3.63, 3.8) is 0 Å². The standard InChI is InChI=1S/C30H36ClF3N4O4/c1-36(2)27(39)23-9-10-25(35-26(23)31)38-13-11-18(12-14-38)24-15-19(24)17-37(3)28(40)29(41,30(32,33)34)20-5-4-6-22(16-20)42-21-7-8-21/h4-6,9-10,16,18-19,21,24,41H,7-8,11-15,17H2,1-3H3/t19-,24+,29?/m0/s1. The van der Waals surface area contributed by atoms with Crippen LogP contribution in [0, 0.1) is 17.8 Å². The molecule has 3 atom stereocenters. The minimum atomic E-state index is -5.21. The van der Waals surface area contributed by atoms with E-state index in [-0.39, 0.29) is 35.4 Å². The second-order valence-electron chi connectivity index (χ2n) is 11.9. The number of halogens is 4.